The first-order valence-electron chi connectivity index (χ1n) is 9.96. The van der Waals surface area contributed by atoms with Gasteiger partial charge in [0.2, 0.25) is 0 Å². The molecule has 0 saturated carbocycles. The summed E-state index contributed by atoms with van der Waals surface area (Å²) in [4.78, 5) is 0. The second-order valence-corrected chi connectivity index (χ2v) is 8.56. The largest absolute Gasteiger partial charge is 0.282 e. The van der Waals surface area contributed by atoms with Crippen molar-refractivity contribution in [3.05, 3.63) is 82.1 Å². The van der Waals surface area contributed by atoms with Gasteiger partial charge < -0.3 is 0 Å². The molecule has 4 rings (SSSR count). The van der Waals surface area contributed by atoms with E-state index in [1.54, 1.807) is 0 Å². The van der Waals surface area contributed by atoms with Crippen molar-refractivity contribution in [1.29, 1.82) is 0 Å². The van der Waals surface area contributed by atoms with Crippen molar-refractivity contribution in [1.82, 2.24) is 20.4 Å². The van der Waals surface area contributed by atoms with E-state index in [0.29, 0.717) is 11.8 Å². The third-order valence-corrected chi connectivity index (χ3v) is 5.31. The fraction of sp³-hybridized carbons (Fsp3) is 0.250. The van der Waals surface area contributed by atoms with Gasteiger partial charge in [0.1, 0.15) is 0 Å². The standard InChI is InChI=1S/2C12H13ClN2/c1-8(2)11-7-12(15-14-11)9-3-5-10(13)6-4-9;1-8(2)11-7-12(15-14-11)9-5-3-4-6-10(9)13/h2*3-8H,1-2H3,(H,14,15). The van der Waals surface area contributed by atoms with E-state index in [4.69, 9.17) is 23.2 Å². The van der Waals surface area contributed by atoms with Gasteiger partial charge in [-0.25, -0.2) is 0 Å². The molecule has 6 heteroatoms. The molecule has 0 unspecified atom stereocenters. The van der Waals surface area contributed by atoms with Crippen LogP contribution in [-0.2, 0) is 0 Å². The van der Waals surface area contributed by atoms with E-state index in [1.165, 1.54) is 0 Å². The monoisotopic (exact) mass is 440 g/mol. The quantitative estimate of drug-likeness (QED) is 0.341. The van der Waals surface area contributed by atoms with Crippen LogP contribution in [0.2, 0.25) is 10.0 Å². The van der Waals surface area contributed by atoms with Crippen LogP contribution in [-0.4, -0.2) is 20.4 Å². The van der Waals surface area contributed by atoms with E-state index >= 15 is 0 Å². The lowest BCUT2D eigenvalue weighted by molar-refractivity contribution is 0.811. The Hall–Kier alpha value is -2.56. The highest BCUT2D eigenvalue weighted by atomic mass is 35.5. The molecule has 0 aliphatic rings. The summed E-state index contributed by atoms with van der Waals surface area (Å²) in [6.45, 7) is 8.53. The summed E-state index contributed by atoms with van der Waals surface area (Å²) in [6.07, 6.45) is 0. The Morgan fingerprint density at radius 1 is 0.700 bits per heavy atom. The Morgan fingerprint density at radius 2 is 1.23 bits per heavy atom. The lowest BCUT2D eigenvalue weighted by Gasteiger charge is -1.99. The number of H-pyrrole nitrogens is 2. The predicted molar refractivity (Wildman–Crippen MR) is 126 cm³/mol. The lowest BCUT2D eigenvalue weighted by atomic mass is 10.1. The number of halogens is 2. The van der Waals surface area contributed by atoms with E-state index in [0.717, 1.165) is 43.9 Å². The molecule has 0 bridgehead atoms. The van der Waals surface area contributed by atoms with Crippen molar-refractivity contribution in [2.75, 3.05) is 0 Å². The molecule has 4 nitrogen and oxygen atoms in total. The third-order valence-electron chi connectivity index (χ3n) is 4.73. The number of hydrogen-bond donors (Lipinski definition) is 2. The Bertz CT molecular complexity index is 1080. The van der Waals surface area contributed by atoms with Gasteiger partial charge in [-0.2, -0.15) is 10.2 Å². The van der Waals surface area contributed by atoms with Crippen LogP contribution >= 0.6 is 23.2 Å². The van der Waals surface area contributed by atoms with Crippen LogP contribution in [0.3, 0.4) is 0 Å². The predicted octanol–water partition coefficient (Wildman–Crippen LogP) is 7.71. The first-order chi connectivity index (χ1) is 14.3. The van der Waals surface area contributed by atoms with Gasteiger partial charge in [-0.15, -0.1) is 0 Å². The van der Waals surface area contributed by atoms with Gasteiger partial charge in [-0.3, -0.25) is 10.2 Å². The van der Waals surface area contributed by atoms with Gasteiger partial charge in [0, 0.05) is 27.5 Å². The van der Waals surface area contributed by atoms with E-state index in [9.17, 15) is 0 Å². The number of benzene rings is 2. The average molecular weight is 441 g/mol. The summed E-state index contributed by atoms with van der Waals surface area (Å²) >= 11 is 11.9. The Kier molecular flexibility index (Phi) is 7.35. The molecule has 0 radical (unpaired) electrons. The fourth-order valence-electron chi connectivity index (χ4n) is 2.84. The molecular weight excluding hydrogens is 415 g/mol. The zero-order valence-corrected chi connectivity index (χ0v) is 19.1. The lowest BCUT2D eigenvalue weighted by Crippen LogP contribution is -1.85. The van der Waals surface area contributed by atoms with Crippen LogP contribution in [0.25, 0.3) is 22.5 Å². The summed E-state index contributed by atoms with van der Waals surface area (Å²) in [7, 11) is 0. The van der Waals surface area contributed by atoms with Crippen LogP contribution in [0.1, 0.15) is 50.9 Å². The highest BCUT2D eigenvalue weighted by Gasteiger charge is 2.09. The topological polar surface area (TPSA) is 57.4 Å². The minimum absolute atomic E-state index is 0.453. The van der Waals surface area contributed by atoms with Crippen LogP contribution < -0.4 is 0 Å². The van der Waals surface area contributed by atoms with Gasteiger partial charge in [0.15, 0.2) is 0 Å². The summed E-state index contributed by atoms with van der Waals surface area (Å²) < 4.78 is 0. The van der Waals surface area contributed by atoms with E-state index < -0.39 is 0 Å². The number of aromatic amines is 2. The normalized spacial score (nSPS) is 10.9. The molecule has 2 N–H and O–H groups in total. The minimum Gasteiger partial charge on any atom is -0.282 e. The number of rotatable bonds is 4. The molecule has 2 aromatic carbocycles. The Labute approximate surface area is 187 Å². The summed E-state index contributed by atoms with van der Waals surface area (Å²) in [6, 6.07) is 19.6. The Balaban J connectivity index is 0.000000171. The van der Waals surface area contributed by atoms with Crippen molar-refractivity contribution in [2.24, 2.45) is 0 Å². The second-order valence-electron chi connectivity index (χ2n) is 7.71. The molecule has 2 aromatic heterocycles. The molecule has 2 heterocycles. The molecule has 0 spiro atoms. The van der Waals surface area contributed by atoms with Crippen molar-refractivity contribution < 1.29 is 0 Å². The zero-order valence-electron chi connectivity index (χ0n) is 17.6. The maximum Gasteiger partial charge on any atom is 0.0938 e. The van der Waals surface area contributed by atoms with Crippen molar-refractivity contribution >= 4 is 23.2 Å². The average Bonchev–Trinajstić information content (AvgIpc) is 3.40. The number of nitrogens with one attached hydrogen (secondary N) is 2. The highest BCUT2D eigenvalue weighted by Crippen LogP contribution is 2.27. The highest BCUT2D eigenvalue weighted by molar-refractivity contribution is 6.33. The molecule has 0 atom stereocenters. The van der Waals surface area contributed by atoms with E-state index in [2.05, 4.69) is 54.2 Å². The van der Waals surface area contributed by atoms with Crippen LogP contribution in [0.15, 0.2) is 60.7 Å². The van der Waals surface area contributed by atoms with Gasteiger partial charge in [0.05, 0.1) is 16.4 Å². The minimum atomic E-state index is 0.453. The second kappa shape index (κ2) is 9.96. The third kappa shape index (κ3) is 5.53. The van der Waals surface area contributed by atoms with Gasteiger partial charge in [-0.1, -0.05) is 81.2 Å². The number of hydrogen-bond acceptors (Lipinski definition) is 2. The molecule has 30 heavy (non-hydrogen) atoms. The summed E-state index contributed by atoms with van der Waals surface area (Å²) in [5.41, 5.74) is 6.22. The van der Waals surface area contributed by atoms with Gasteiger partial charge in [-0.05, 0) is 42.2 Å². The van der Waals surface area contributed by atoms with Gasteiger partial charge >= 0.3 is 0 Å². The van der Waals surface area contributed by atoms with Crippen molar-refractivity contribution in [3.63, 3.8) is 0 Å². The molecule has 0 fully saturated rings. The van der Waals surface area contributed by atoms with Crippen LogP contribution in [0.5, 0.6) is 0 Å². The molecular formula is C24H26Cl2N4. The summed E-state index contributed by atoms with van der Waals surface area (Å²) in [5, 5.41) is 16.1. The molecule has 0 saturated heterocycles. The molecule has 0 amide bonds. The van der Waals surface area contributed by atoms with Crippen LogP contribution in [0, 0.1) is 0 Å². The molecule has 4 aromatic rings. The maximum atomic E-state index is 6.09. The number of aromatic nitrogens is 4. The smallest absolute Gasteiger partial charge is 0.0938 e. The summed E-state index contributed by atoms with van der Waals surface area (Å²) in [5.74, 6) is 0.923. The molecule has 0 aliphatic heterocycles. The first-order valence-corrected chi connectivity index (χ1v) is 10.7. The van der Waals surface area contributed by atoms with Crippen LogP contribution in [0.4, 0.5) is 0 Å². The molecule has 156 valence electrons. The SMILES string of the molecule is CC(C)c1cc(-c2ccc(Cl)cc2)n[nH]1.CC(C)c1cc(-c2ccccc2Cl)n[nH]1. The van der Waals surface area contributed by atoms with Gasteiger partial charge in [0.25, 0.3) is 0 Å². The fourth-order valence-corrected chi connectivity index (χ4v) is 3.20. The van der Waals surface area contributed by atoms with E-state index in [1.807, 2.05) is 54.6 Å². The van der Waals surface area contributed by atoms with Crippen molar-refractivity contribution in [3.8, 4) is 22.5 Å². The van der Waals surface area contributed by atoms with E-state index in [-0.39, 0.29) is 0 Å². The number of nitrogens with zero attached hydrogens (tertiary/aromatic N) is 2. The maximum absolute atomic E-state index is 6.09. The first kappa shape index (κ1) is 22.1. The van der Waals surface area contributed by atoms with Crippen molar-refractivity contribution in [2.45, 2.75) is 39.5 Å². The Morgan fingerprint density at radius 3 is 1.77 bits per heavy atom. The zero-order chi connectivity index (χ0) is 21.7. The molecule has 0 aliphatic carbocycles.